The van der Waals surface area contributed by atoms with Gasteiger partial charge in [-0.15, -0.1) is 12.4 Å². The molecule has 0 fully saturated rings. The first-order valence-electron chi connectivity index (χ1n) is 7.39. The number of ether oxygens (including phenoxy) is 2. The molecular formula is C18H23Cl2NO2. The van der Waals surface area contributed by atoms with E-state index in [2.05, 4.69) is 17.4 Å². The normalized spacial score (nSPS) is 10.0. The first-order chi connectivity index (χ1) is 10.7. The molecule has 2 rings (SSSR count). The summed E-state index contributed by atoms with van der Waals surface area (Å²) in [6.45, 7) is 1.79. The Morgan fingerprint density at radius 1 is 0.913 bits per heavy atom. The third-order valence-corrected chi connectivity index (χ3v) is 3.76. The van der Waals surface area contributed by atoms with Crippen molar-refractivity contribution in [3.8, 4) is 11.5 Å². The van der Waals surface area contributed by atoms with Gasteiger partial charge >= 0.3 is 0 Å². The van der Waals surface area contributed by atoms with Crippen molar-refractivity contribution in [1.29, 1.82) is 0 Å². The van der Waals surface area contributed by atoms with Crippen molar-refractivity contribution in [1.82, 2.24) is 5.32 Å². The number of benzene rings is 2. The van der Waals surface area contributed by atoms with Gasteiger partial charge < -0.3 is 14.8 Å². The Labute approximate surface area is 149 Å². The number of hydrogen-bond acceptors (Lipinski definition) is 3. The summed E-state index contributed by atoms with van der Waals surface area (Å²) >= 11 is 5.88. The summed E-state index contributed by atoms with van der Waals surface area (Å²) in [4.78, 5) is 0. The van der Waals surface area contributed by atoms with Crippen LogP contribution < -0.4 is 14.8 Å². The van der Waals surface area contributed by atoms with Crippen molar-refractivity contribution in [2.75, 3.05) is 20.8 Å². The van der Waals surface area contributed by atoms with Gasteiger partial charge in [0.15, 0.2) is 11.5 Å². The predicted octanol–water partition coefficient (Wildman–Crippen LogP) is 4.50. The zero-order chi connectivity index (χ0) is 15.8. The van der Waals surface area contributed by atoms with Crippen molar-refractivity contribution in [2.45, 2.75) is 19.4 Å². The molecule has 0 aliphatic rings. The second kappa shape index (κ2) is 10.4. The minimum atomic E-state index is 0. The molecule has 0 aliphatic heterocycles. The molecule has 2 aromatic rings. The molecule has 0 radical (unpaired) electrons. The van der Waals surface area contributed by atoms with Gasteiger partial charge in [-0.25, -0.2) is 0 Å². The lowest BCUT2D eigenvalue weighted by Gasteiger charge is -2.10. The minimum Gasteiger partial charge on any atom is -0.493 e. The van der Waals surface area contributed by atoms with E-state index in [1.807, 2.05) is 30.3 Å². The average molecular weight is 356 g/mol. The molecule has 1 N–H and O–H groups in total. The van der Waals surface area contributed by atoms with Gasteiger partial charge in [0.25, 0.3) is 0 Å². The van der Waals surface area contributed by atoms with Crippen LogP contribution in [0.5, 0.6) is 11.5 Å². The molecule has 0 heterocycles. The number of hydrogen-bond donors (Lipinski definition) is 1. The number of nitrogens with one attached hydrogen (secondary N) is 1. The average Bonchev–Trinajstić information content (AvgIpc) is 2.56. The van der Waals surface area contributed by atoms with E-state index in [0.717, 1.165) is 42.5 Å². The highest BCUT2D eigenvalue weighted by Gasteiger charge is 2.04. The van der Waals surface area contributed by atoms with Crippen molar-refractivity contribution in [2.24, 2.45) is 0 Å². The van der Waals surface area contributed by atoms with E-state index in [0.29, 0.717) is 0 Å². The molecule has 126 valence electrons. The number of rotatable bonds is 8. The van der Waals surface area contributed by atoms with Crippen LogP contribution in [0.25, 0.3) is 0 Å². The highest BCUT2D eigenvalue weighted by Crippen LogP contribution is 2.27. The van der Waals surface area contributed by atoms with Gasteiger partial charge in [-0.1, -0.05) is 29.8 Å². The molecule has 0 amide bonds. The van der Waals surface area contributed by atoms with Crippen LogP contribution in [-0.4, -0.2) is 20.8 Å². The molecule has 0 atom stereocenters. The third-order valence-electron chi connectivity index (χ3n) is 3.51. The first-order valence-corrected chi connectivity index (χ1v) is 7.77. The highest BCUT2D eigenvalue weighted by atomic mass is 35.5. The van der Waals surface area contributed by atoms with Crippen molar-refractivity contribution < 1.29 is 9.47 Å². The smallest absolute Gasteiger partial charge is 0.161 e. The zero-order valence-corrected chi connectivity index (χ0v) is 15.0. The maximum Gasteiger partial charge on any atom is 0.161 e. The monoisotopic (exact) mass is 355 g/mol. The summed E-state index contributed by atoms with van der Waals surface area (Å²) in [6.07, 6.45) is 2.14. The van der Waals surface area contributed by atoms with Crippen molar-refractivity contribution in [3.05, 3.63) is 58.6 Å². The van der Waals surface area contributed by atoms with Gasteiger partial charge in [0.05, 0.1) is 14.2 Å². The number of halogens is 2. The fourth-order valence-corrected chi connectivity index (χ4v) is 2.42. The predicted molar refractivity (Wildman–Crippen MR) is 98.3 cm³/mol. The fourth-order valence-electron chi connectivity index (χ4n) is 2.29. The van der Waals surface area contributed by atoms with E-state index >= 15 is 0 Å². The molecule has 3 nitrogen and oxygen atoms in total. The lowest BCUT2D eigenvalue weighted by molar-refractivity contribution is 0.354. The van der Waals surface area contributed by atoms with Crippen LogP contribution in [0, 0.1) is 0 Å². The van der Waals surface area contributed by atoms with E-state index in [-0.39, 0.29) is 12.4 Å². The second-order valence-electron chi connectivity index (χ2n) is 5.10. The Hall–Kier alpha value is -1.42. The molecule has 5 heteroatoms. The van der Waals surface area contributed by atoms with Crippen molar-refractivity contribution >= 4 is 24.0 Å². The van der Waals surface area contributed by atoms with Crippen LogP contribution in [0.1, 0.15) is 17.5 Å². The maximum absolute atomic E-state index is 5.88. The van der Waals surface area contributed by atoms with Gasteiger partial charge in [-0.05, 0) is 54.8 Å². The Morgan fingerprint density at radius 3 is 2.22 bits per heavy atom. The molecule has 0 unspecified atom stereocenters. The van der Waals surface area contributed by atoms with Gasteiger partial charge in [-0.3, -0.25) is 0 Å². The van der Waals surface area contributed by atoms with Gasteiger partial charge in [-0.2, -0.15) is 0 Å². The van der Waals surface area contributed by atoms with Gasteiger partial charge in [0, 0.05) is 11.6 Å². The molecule has 0 aromatic heterocycles. The quantitative estimate of drug-likeness (QED) is 0.707. The van der Waals surface area contributed by atoms with Crippen LogP contribution in [0.15, 0.2) is 42.5 Å². The maximum atomic E-state index is 5.88. The van der Waals surface area contributed by atoms with E-state index in [9.17, 15) is 0 Å². The summed E-state index contributed by atoms with van der Waals surface area (Å²) in [5, 5.41) is 4.24. The van der Waals surface area contributed by atoms with Crippen LogP contribution in [0.3, 0.4) is 0 Å². The molecule has 0 saturated heterocycles. The number of methoxy groups -OCH3 is 2. The van der Waals surface area contributed by atoms with Crippen molar-refractivity contribution in [3.63, 3.8) is 0 Å². The largest absolute Gasteiger partial charge is 0.493 e. The Balaban J connectivity index is 0.00000264. The van der Waals surface area contributed by atoms with E-state index < -0.39 is 0 Å². The van der Waals surface area contributed by atoms with Crippen LogP contribution in [-0.2, 0) is 13.0 Å². The molecular weight excluding hydrogens is 333 g/mol. The Kier molecular flexibility index (Phi) is 8.85. The standard InChI is InChI=1S/C18H22ClNO2.ClH/c1-21-17-10-7-15(12-18(17)22-2)13-20-11-3-4-14-5-8-16(19)9-6-14;/h5-10,12,20H,3-4,11,13H2,1-2H3;1H. The van der Waals surface area contributed by atoms with Crippen LogP contribution >= 0.6 is 24.0 Å². The molecule has 0 bridgehead atoms. The van der Waals surface area contributed by atoms with E-state index in [1.165, 1.54) is 11.1 Å². The minimum absolute atomic E-state index is 0. The zero-order valence-electron chi connectivity index (χ0n) is 13.5. The lowest BCUT2D eigenvalue weighted by atomic mass is 10.1. The van der Waals surface area contributed by atoms with E-state index in [1.54, 1.807) is 14.2 Å². The molecule has 2 aromatic carbocycles. The first kappa shape index (κ1) is 19.6. The molecule has 0 spiro atoms. The van der Waals surface area contributed by atoms with E-state index in [4.69, 9.17) is 21.1 Å². The summed E-state index contributed by atoms with van der Waals surface area (Å²) in [5.74, 6) is 1.52. The van der Waals surface area contributed by atoms with Crippen LogP contribution in [0.4, 0.5) is 0 Å². The lowest BCUT2D eigenvalue weighted by Crippen LogP contribution is -2.15. The summed E-state index contributed by atoms with van der Waals surface area (Å²) in [6, 6.07) is 14.0. The summed E-state index contributed by atoms with van der Waals surface area (Å²) < 4.78 is 10.5. The fraction of sp³-hybridized carbons (Fsp3) is 0.333. The summed E-state index contributed by atoms with van der Waals surface area (Å²) in [5.41, 5.74) is 2.50. The highest BCUT2D eigenvalue weighted by molar-refractivity contribution is 6.30. The van der Waals surface area contributed by atoms with Gasteiger partial charge in [0.2, 0.25) is 0 Å². The second-order valence-corrected chi connectivity index (χ2v) is 5.53. The SMILES string of the molecule is COc1ccc(CNCCCc2ccc(Cl)cc2)cc1OC.Cl. The molecule has 23 heavy (non-hydrogen) atoms. The summed E-state index contributed by atoms with van der Waals surface area (Å²) in [7, 11) is 3.30. The molecule has 0 saturated carbocycles. The van der Waals surface area contributed by atoms with Crippen LogP contribution in [0.2, 0.25) is 5.02 Å². The number of aryl methyl sites for hydroxylation is 1. The Morgan fingerprint density at radius 2 is 1.57 bits per heavy atom. The van der Waals surface area contributed by atoms with Gasteiger partial charge in [0.1, 0.15) is 0 Å². The molecule has 0 aliphatic carbocycles. The third kappa shape index (κ3) is 6.30. The Bertz CT molecular complexity index is 588. The topological polar surface area (TPSA) is 30.5 Å².